The maximum atomic E-state index is 12.6. The zero-order chi connectivity index (χ0) is 21.6. The van der Waals surface area contributed by atoms with Gasteiger partial charge in [-0.3, -0.25) is 14.4 Å². The molecule has 0 bridgehead atoms. The van der Waals surface area contributed by atoms with E-state index in [9.17, 15) is 14.4 Å². The van der Waals surface area contributed by atoms with Gasteiger partial charge in [-0.1, -0.05) is 58.6 Å². The van der Waals surface area contributed by atoms with Crippen molar-refractivity contribution < 1.29 is 19.1 Å². The lowest BCUT2D eigenvalue weighted by atomic mass is 10.0. The number of benzene rings is 1. The normalized spacial score (nSPS) is 11.8. The van der Waals surface area contributed by atoms with E-state index in [-0.39, 0.29) is 25.0 Å². The van der Waals surface area contributed by atoms with Gasteiger partial charge >= 0.3 is 5.97 Å². The van der Waals surface area contributed by atoms with Crippen molar-refractivity contribution in [2.75, 3.05) is 13.2 Å². The van der Waals surface area contributed by atoms with Gasteiger partial charge in [0.15, 0.2) is 0 Å². The number of amides is 2. The van der Waals surface area contributed by atoms with Crippen molar-refractivity contribution in [1.29, 1.82) is 0 Å². The van der Waals surface area contributed by atoms with Crippen LogP contribution in [0.3, 0.4) is 0 Å². The molecule has 2 amide bonds. The number of hydrogen-bond donors (Lipinski definition) is 2. The Kier molecular flexibility index (Phi) is 11.7. The second-order valence-electron chi connectivity index (χ2n) is 7.58. The number of esters is 1. The molecule has 0 saturated heterocycles. The zero-order valence-electron chi connectivity index (χ0n) is 18.3. The summed E-state index contributed by atoms with van der Waals surface area (Å²) in [6.45, 7) is 7.64. The van der Waals surface area contributed by atoms with Crippen molar-refractivity contribution in [3.8, 4) is 0 Å². The van der Waals surface area contributed by atoms with E-state index in [4.69, 9.17) is 4.74 Å². The summed E-state index contributed by atoms with van der Waals surface area (Å²) in [7, 11) is 0. The minimum absolute atomic E-state index is 0.122. The van der Waals surface area contributed by atoms with E-state index in [1.165, 1.54) is 31.2 Å². The maximum absolute atomic E-state index is 12.6. The Balaban J connectivity index is 2.57. The Morgan fingerprint density at radius 3 is 2.21 bits per heavy atom. The molecule has 1 aromatic rings. The molecular weight excluding hydrogens is 368 g/mol. The number of aryl methyl sites for hydroxylation is 1. The van der Waals surface area contributed by atoms with E-state index in [1.807, 2.05) is 26.0 Å². The van der Waals surface area contributed by atoms with Gasteiger partial charge in [-0.05, 0) is 43.4 Å². The van der Waals surface area contributed by atoms with Crippen molar-refractivity contribution in [1.82, 2.24) is 10.6 Å². The molecule has 0 aliphatic rings. The fraction of sp³-hybridized carbons (Fsp3) is 0.609. The lowest BCUT2D eigenvalue weighted by molar-refractivity contribution is -0.143. The van der Waals surface area contributed by atoms with Crippen LogP contribution >= 0.6 is 0 Å². The van der Waals surface area contributed by atoms with E-state index >= 15 is 0 Å². The number of unbranched alkanes of at least 4 members (excludes halogenated alkanes) is 4. The zero-order valence-corrected chi connectivity index (χ0v) is 18.3. The molecule has 2 N–H and O–H groups in total. The first kappa shape index (κ1) is 24.7. The van der Waals surface area contributed by atoms with Crippen molar-refractivity contribution in [3.05, 3.63) is 35.4 Å². The van der Waals surface area contributed by atoms with Crippen LogP contribution < -0.4 is 10.6 Å². The van der Waals surface area contributed by atoms with E-state index < -0.39 is 17.9 Å². The summed E-state index contributed by atoms with van der Waals surface area (Å²) in [6.07, 6.45) is 7.18. The third-order valence-electron chi connectivity index (χ3n) is 4.73. The van der Waals surface area contributed by atoms with Crippen LogP contribution in [0.5, 0.6) is 0 Å². The standard InChI is InChI=1S/C23H36N2O4/c1-5-7-8-9-10-11-18-12-14-19(15-13-18)22(27)25-21(17(3)4)23(28)24-16-20(26)29-6-2/h12-15,17,21H,5-11,16H2,1-4H3,(H,24,28)(H,25,27). The molecule has 0 heterocycles. The van der Waals surface area contributed by atoms with Gasteiger partial charge in [0.25, 0.3) is 5.91 Å². The predicted molar refractivity (Wildman–Crippen MR) is 115 cm³/mol. The van der Waals surface area contributed by atoms with E-state index in [0.29, 0.717) is 5.56 Å². The van der Waals surface area contributed by atoms with Crippen molar-refractivity contribution in [2.24, 2.45) is 5.92 Å². The maximum Gasteiger partial charge on any atom is 0.325 e. The number of carbonyl (C=O) groups is 3. The van der Waals surface area contributed by atoms with Crippen LogP contribution in [-0.2, 0) is 20.7 Å². The Bertz CT molecular complexity index is 641. The van der Waals surface area contributed by atoms with Gasteiger partial charge in [0.1, 0.15) is 12.6 Å². The lowest BCUT2D eigenvalue weighted by Gasteiger charge is -2.21. The third-order valence-corrected chi connectivity index (χ3v) is 4.73. The second kappa shape index (κ2) is 13.7. The molecule has 0 aliphatic heterocycles. The number of carbonyl (C=O) groups excluding carboxylic acids is 3. The van der Waals surface area contributed by atoms with E-state index in [0.717, 1.165) is 12.8 Å². The summed E-state index contributed by atoms with van der Waals surface area (Å²) in [5.74, 6) is -1.32. The average Bonchev–Trinajstić information content (AvgIpc) is 2.70. The molecule has 0 spiro atoms. The first-order valence-electron chi connectivity index (χ1n) is 10.7. The molecule has 0 aliphatic carbocycles. The van der Waals surface area contributed by atoms with Crippen LogP contribution in [0.2, 0.25) is 0 Å². The Labute approximate surface area is 174 Å². The molecule has 6 nitrogen and oxygen atoms in total. The highest BCUT2D eigenvalue weighted by Gasteiger charge is 2.25. The Morgan fingerprint density at radius 1 is 0.966 bits per heavy atom. The number of rotatable bonds is 13. The van der Waals surface area contributed by atoms with Crippen molar-refractivity contribution in [2.45, 2.75) is 72.3 Å². The number of nitrogens with one attached hydrogen (secondary N) is 2. The van der Waals surface area contributed by atoms with E-state index in [2.05, 4.69) is 17.6 Å². The number of hydrogen-bond acceptors (Lipinski definition) is 4. The molecule has 0 fully saturated rings. The molecule has 162 valence electrons. The fourth-order valence-electron chi connectivity index (χ4n) is 3.00. The topological polar surface area (TPSA) is 84.5 Å². The summed E-state index contributed by atoms with van der Waals surface area (Å²) in [6, 6.07) is 6.81. The lowest BCUT2D eigenvalue weighted by Crippen LogP contribution is -2.50. The van der Waals surface area contributed by atoms with Gasteiger partial charge < -0.3 is 15.4 Å². The van der Waals surface area contributed by atoms with Gasteiger partial charge in [-0.2, -0.15) is 0 Å². The highest BCUT2D eigenvalue weighted by molar-refractivity contribution is 5.98. The highest BCUT2D eigenvalue weighted by atomic mass is 16.5. The largest absolute Gasteiger partial charge is 0.465 e. The summed E-state index contributed by atoms with van der Waals surface area (Å²) in [4.78, 5) is 36.4. The van der Waals surface area contributed by atoms with Gasteiger partial charge in [0, 0.05) is 5.56 Å². The molecule has 0 radical (unpaired) electrons. The summed E-state index contributed by atoms with van der Waals surface area (Å²) in [5.41, 5.74) is 1.73. The van der Waals surface area contributed by atoms with Crippen LogP contribution in [0.1, 0.15) is 75.7 Å². The average molecular weight is 405 g/mol. The van der Waals surface area contributed by atoms with Gasteiger partial charge in [0.05, 0.1) is 6.61 Å². The van der Waals surface area contributed by atoms with Gasteiger partial charge in [0.2, 0.25) is 5.91 Å². The first-order chi connectivity index (χ1) is 13.9. The van der Waals surface area contributed by atoms with Crippen LogP contribution in [0, 0.1) is 5.92 Å². The van der Waals surface area contributed by atoms with Crippen LogP contribution in [0.15, 0.2) is 24.3 Å². The van der Waals surface area contributed by atoms with Crippen molar-refractivity contribution >= 4 is 17.8 Å². The Hall–Kier alpha value is -2.37. The van der Waals surface area contributed by atoms with Gasteiger partial charge in [-0.25, -0.2) is 0 Å². The molecule has 29 heavy (non-hydrogen) atoms. The molecule has 1 aromatic carbocycles. The molecule has 1 rings (SSSR count). The minimum atomic E-state index is -0.727. The minimum Gasteiger partial charge on any atom is -0.465 e. The molecule has 6 heteroatoms. The smallest absolute Gasteiger partial charge is 0.325 e. The summed E-state index contributed by atoms with van der Waals surface area (Å²) in [5, 5.41) is 5.29. The van der Waals surface area contributed by atoms with Crippen LogP contribution in [-0.4, -0.2) is 37.0 Å². The SMILES string of the molecule is CCCCCCCc1ccc(C(=O)NC(C(=O)NCC(=O)OCC)C(C)C)cc1. The molecule has 1 atom stereocenters. The van der Waals surface area contributed by atoms with Gasteiger partial charge in [-0.15, -0.1) is 0 Å². The quantitative estimate of drug-likeness (QED) is 0.388. The molecule has 0 aromatic heterocycles. The molecule has 1 unspecified atom stereocenters. The monoisotopic (exact) mass is 404 g/mol. The third kappa shape index (κ3) is 9.59. The molecule has 0 saturated carbocycles. The summed E-state index contributed by atoms with van der Waals surface area (Å²) < 4.78 is 4.80. The Morgan fingerprint density at radius 2 is 1.62 bits per heavy atom. The van der Waals surface area contributed by atoms with Crippen LogP contribution in [0.25, 0.3) is 0 Å². The molecular formula is C23H36N2O4. The van der Waals surface area contributed by atoms with Crippen molar-refractivity contribution in [3.63, 3.8) is 0 Å². The fourth-order valence-corrected chi connectivity index (χ4v) is 3.00. The number of ether oxygens (including phenoxy) is 1. The van der Waals surface area contributed by atoms with Crippen LogP contribution in [0.4, 0.5) is 0 Å². The first-order valence-corrected chi connectivity index (χ1v) is 10.7. The van der Waals surface area contributed by atoms with E-state index in [1.54, 1.807) is 19.1 Å². The predicted octanol–water partition coefficient (Wildman–Crippen LogP) is 3.63. The highest BCUT2D eigenvalue weighted by Crippen LogP contribution is 2.11. The summed E-state index contributed by atoms with van der Waals surface area (Å²) >= 11 is 0. The second-order valence-corrected chi connectivity index (χ2v) is 7.58.